The molecule has 40 heavy (non-hydrogen) atoms. The van der Waals surface area contributed by atoms with Crippen LogP contribution in [0.4, 0.5) is 0 Å². The fourth-order valence-electron chi connectivity index (χ4n) is 7.04. The molecule has 1 aliphatic heterocycles. The average molecular weight is 604 g/mol. The summed E-state index contributed by atoms with van der Waals surface area (Å²) in [5.74, 6) is 0.302. The fourth-order valence-corrected chi connectivity index (χ4v) is 8.96. The Morgan fingerprint density at radius 1 is 1.05 bits per heavy atom. The van der Waals surface area contributed by atoms with Crippen LogP contribution in [-0.2, 0) is 14.8 Å². The van der Waals surface area contributed by atoms with Gasteiger partial charge in [-0.1, -0.05) is 73.3 Å². The molecule has 1 amide bonds. The van der Waals surface area contributed by atoms with Crippen molar-refractivity contribution in [2.75, 3.05) is 6.54 Å². The molecule has 1 saturated heterocycles. The lowest BCUT2D eigenvalue weighted by atomic mass is 9.65. The van der Waals surface area contributed by atoms with Gasteiger partial charge in [0, 0.05) is 28.5 Å². The average Bonchev–Trinajstić information content (AvgIpc) is 3.61. The zero-order valence-corrected chi connectivity index (χ0v) is 25.5. The maximum absolute atomic E-state index is 14.8. The Labute approximate surface area is 249 Å². The Morgan fingerprint density at radius 3 is 2.35 bits per heavy atom. The van der Waals surface area contributed by atoms with Crippen LogP contribution in [0, 0.1) is 11.3 Å². The molecule has 3 fully saturated rings. The van der Waals surface area contributed by atoms with Crippen LogP contribution >= 0.6 is 23.2 Å². The number of nitrogens with one attached hydrogen (secondary N) is 1. The van der Waals surface area contributed by atoms with Crippen LogP contribution in [-0.4, -0.2) is 37.1 Å². The summed E-state index contributed by atoms with van der Waals surface area (Å²) >= 11 is 12.8. The Balaban J connectivity index is 1.62. The predicted molar refractivity (Wildman–Crippen MR) is 163 cm³/mol. The van der Waals surface area contributed by atoms with Crippen molar-refractivity contribution in [3.63, 3.8) is 0 Å². The van der Waals surface area contributed by atoms with E-state index in [0.29, 0.717) is 42.1 Å². The molecule has 3 aliphatic rings. The van der Waals surface area contributed by atoms with Gasteiger partial charge < -0.3 is 4.90 Å². The molecule has 0 bridgehead atoms. The number of allylic oxidation sites excluding steroid dienone is 1. The minimum atomic E-state index is -3.46. The number of sulfonamides is 1. The molecular formula is C32H40Cl2N2O3S. The third kappa shape index (κ3) is 6.01. The first-order valence-electron chi connectivity index (χ1n) is 14.6. The van der Waals surface area contributed by atoms with Gasteiger partial charge in [-0.05, 0) is 86.3 Å². The highest BCUT2D eigenvalue weighted by Gasteiger charge is 2.54. The van der Waals surface area contributed by atoms with E-state index < -0.39 is 15.4 Å². The largest absolute Gasteiger partial charge is 0.330 e. The van der Waals surface area contributed by atoms with Crippen LogP contribution < -0.4 is 4.72 Å². The van der Waals surface area contributed by atoms with Crippen LogP contribution in [0.25, 0.3) is 0 Å². The highest BCUT2D eigenvalue weighted by atomic mass is 35.5. The molecule has 5 rings (SSSR count). The lowest BCUT2D eigenvalue weighted by Crippen LogP contribution is -2.59. The third-order valence-corrected chi connectivity index (χ3v) is 11.8. The molecule has 5 nitrogen and oxygen atoms in total. The van der Waals surface area contributed by atoms with Crippen LogP contribution in [0.3, 0.4) is 0 Å². The highest BCUT2D eigenvalue weighted by Crippen LogP contribution is 2.55. The number of nitrogens with zero attached hydrogens (tertiary/aromatic N) is 1. The molecule has 216 valence electrons. The number of amides is 1. The van der Waals surface area contributed by atoms with Gasteiger partial charge in [-0.25, -0.2) is 13.1 Å². The number of hydrogen-bond donors (Lipinski definition) is 1. The molecule has 1 unspecified atom stereocenters. The van der Waals surface area contributed by atoms with Crippen LogP contribution in [0.2, 0.25) is 10.0 Å². The van der Waals surface area contributed by atoms with Gasteiger partial charge in [0.1, 0.15) is 0 Å². The van der Waals surface area contributed by atoms with E-state index in [9.17, 15) is 13.2 Å². The van der Waals surface area contributed by atoms with Crippen molar-refractivity contribution in [1.82, 2.24) is 9.62 Å². The van der Waals surface area contributed by atoms with E-state index in [2.05, 4.69) is 29.2 Å². The van der Waals surface area contributed by atoms with Crippen LogP contribution in [0.1, 0.15) is 87.8 Å². The van der Waals surface area contributed by atoms with Crippen molar-refractivity contribution < 1.29 is 13.2 Å². The fraction of sp³-hybridized carbons (Fsp3) is 0.531. The van der Waals surface area contributed by atoms with Crippen LogP contribution in [0.15, 0.2) is 61.2 Å². The minimum Gasteiger partial charge on any atom is -0.330 e. The number of benzene rings is 2. The van der Waals surface area contributed by atoms with Crippen LogP contribution in [0.5, 0.6) is 0 Å². The van der Waals surface area contributed by atoms with Gasteiger partial charge in [-0.15, -0.1) is 6.58 Å². The first kappa shape index (κ1) is 29.6. The molecule has 1 N–H and O–H groups in total. The Bertz CT molecular complexity index is 1320. The molecule has 0 spiro atoms. The summed E-state index contributed by atoms with van der Waals surface area (Å²) in [5.41, 5.74) is 1.44. The van der Waals surface area contributed by atoms with Crippen molar-refractivity contribution in [1.29, 1.82) is 0 Å². The maximum Gasteiger partial charge on any atom is 0.229 e. The molecule has 0 aromatic heterocycles. The van der Waals surface area contributed by atoms with E-state index in [0.717, 1.165) is 36.8 Å². The molecule has 1 heterocycles. The zero-order valence-electron chi connectivity index (χ0n) is 23.2. The molecular weight excluding hydrogens is 563 g/mol. The number of rotatable bonds is 11. The smallest absolute Gasteiger partial charge is 0.229 e. The Hall–Kier alpha value is -1.86. The Morgan fingerprint density at radius 2 is 1.75 bits per heavy atom. The van der Waals surface area contributed by atoms with Gasteiger partial charge in [-0.3, -0.25) is 4.79 Å². The second kappa shape index (κ2) is 12.2. The number of carbonyl (C=O) groups is 1. The summed E-state index contributed by atoms with van der Waals surface area (Å²) < 4.78 is 29.5. The molecule has 2 saturated carbocycles. The molecule has 2 aliphatic carbocycles. The predicted octanol–water partition coefficient (Wildman–Crippen LogP) is 7.66. The van der Waals surface area contributed by atoms with E-state index in [1.54, 1.807) is 0 Å². The molecule has 2 aromatic carbocycles. The van der Waals surface area contributed by atoms with Gasteiger partial charge in [0.15, 0.2) is 0 Å². The molecule has 2 aromatic rings. The Kier molecular flexibility index (Phi) is 9.01. The van der Waals surface area contributed by atoms with Crippen molar-refractivity contribution in [3.05, 3.63) is 82.4 Å². The number of piperidine rings is 1. The zero-order chi connectivity index (χ0) is 28.5. The minimum absolute atomic E-state index is 0.0369. The second-order valence-corrected chi connectivity index (χ2v) is 14.8. The van der Waals surface area contributed by atoms with Gasteiger partial charge in [0.2, 0.25) is 15.9 Å². The van der Waals surface area contributed by atoms with E-state index in [4.69, 9.17) is 23.2 Å². The second-order valence-electron chi connectivity index (χ2n) is 11.9. The number of likely N-dealkylation sites (tertiary alicyclic amines) is 1. The number of carbonyl (C=O) groups excluding carboxylic acids is 1. The van der Waals surface area contributed by atoms with Crippen molar-refractivity contribution in [2.45, 2.75) is 88.0 Å². The maximum atomic E-state index is 14.8. The molecule has 8 heteroatoms. The summed E-state index contributed by atoms with van der Waals surface area (Å²) in [7, 11) is -3.46. The van der Waals surface area contributed by atoms with Crippen molar-refractivity contribution >= 4 is 39.1 Å². The standard InChI is InChI=1S/C32H40Cl2N2O3S/c1-3-18-32(4-2)20-28(24-8-7-9-26(34)19-24)30(23-14-16-25(33)17-15-23)36(31(32)37)29(22-12-13-22)21-35-40(38,39)27-10-5-6-11-27/h3,7-9,14-17,19,22,27-30,35H,1,4-6,10-13,18,20-21H2,2H3/t28-,29-,30?,32+/m1/s1. The summed E-state index contributed by atoms with van der Waals surface area (Å²) in [5, 5.41) is 0.949. The SMILES string of the molecule is C=CC[C@@]1(CC)C[C@H](c2cccc(Cl)c2)C(c2ccc(Cl)cc2)N([C@H](CNS(=O)(=O)C2CCCC2)C2CC2)C1=O. The monoisotopic (exact) mass is 602 g/mol. The van der Waals surface area contributed by atoms with Gasteiger partial charge in [0.25, 0.3) is 0 Å². The summed E-state index contributed by atoms with van der Waals surface area (Å²) in [6, 6.07) is 15.2. The normalized spacial score (nSPS) is 26.7. The van der Waals surface area contributed by atoms with E-state index in [1.165, 1.54) is 0 Å². The summed E-state index contributed by atoms with van der Waals surface area (Å²) in [6.45, 7) is 6.32. The highest BCUT2D eigenvalue weighted by molar-refractivity contribution is 7.90. The van der Waals surface area contributed by atoms with Gasteiger partial charge >= 0.3 is 0 Å². The number of hydrogen-bond acceptors (Lipinski definition) is 3. The quantitative estimate of drug-likeness (QED) is 0.268. The van der Waals surface area contributed by atoms with Crippen molar-refractivity contribution in [2.24, 2.45) is 11.3 Å². The summed E-state index contributed by atoms with van der Waals surface area (Å²) in [4.78, 5) is 16.8. The lowest BCUT2D eigenvalue weighted by Gasteiger charge is -2.53. The first-order chi connectivity index (χ1) is 19.2. The van der Waals surface area contributed by atoms with E-state index in [-0.39, 0.29) is 41.6 Å². The molecule has 4 atom stereocenters. The van der Waals surface area contributed by atoms with E-state index in [1.807, 2.05) is 48.5 Å². The summed E-state index contributed by atoms with van der Waals surface area (Å²) in [6.07, 6.45) is 9.01. The topological polar surface area (TPSA) is 66.5 Å². The van der Waals surface area contributed by atoms with Crippen molar-refractivity contribution in [3.8, 4) is 0 Å². The third-order valence-electron chi connectivity index (χ3n) is 9.44. The van der Waals surface area contributed by atoms with Gasteiger partial charge in [0.05, 0.1) is 16.7 Å². The first-order valence-corrected chi connectivity index (χ1v) is 16.9. The lowest BCUT2D eigenvalue weighted by molar-refractivity contribution is -0.156. The van der Waals surface area contributed by atoms with E-state index >= 15 is 0 Å². The van der Waals surface area contributed by atoms with Gasteiger partial charge in [-0.2, -0.15) is 0 Å². The number of halogens is 2. The molecule has 0 radical (unpaired) electrons.